The summed E-state index contributed by atoms with van der Waals surface area (Å²) in [6, 6.07) is 3.54. The molecule has 2 heterocycles. The standard InChI is InChI=1S/C11H9BrN2O3/c1-5-6(12)2-8-11(16-4-15-8)10(5)7-3-9(13)17-14-7/h2-3H,4,13H2,1H3. The molecular weight excluding hydrogens is 288 g/mol. The first-order valence-electron chi connectivity index (χ1n) is 4.98. The fraction of sp³-hybridized carbons (Fsp3) is 0.182. The molecule has 5 nitrogen and oxygen atoms in total. The lowest BCUT2D eigenvalue weighted by Crippen LogP contribution is -1.94. The number of anilines is 1. The first-order chi connectivity index (χ1) is 8.16. The topological polar surface area (TPSA) is 70.5 Å². The molecule has 0 saturated carbocycles. The van der Waals surface area contributed by atoms with Crippen molar-refractivity contribution >= 4 is 21.8 Å². The lowest BCUT2D eigenvalue weighted by Gasteiger charge is -2.08. The van der Waals surface area contributed by atoms with Crippen molar-refractivity contribution in [2.75, 3.05) is 12.5 Å². The molecule has 0 aliphatic carbocycles. The average Bonchev–Trinajstić information content (AvgIpc) is 2.89. The van der Waals surface area contributed by atoms with Crippen LogP contribution in [0.4, 0.5) is 5.88 Å². The Labute approximate surface area is 106 Å². The predicted molar refractivity (Wildman–Crippen MR) is 64.9 cm³/mol. The number of fused-ring (bicyclic) bond motifs is 1. The lowest BCUT2D eigenvalue weighted by atomic mass is 10.0. The summed E-state index contributed by atoms with van der Waals surface area (Å²) in [7, 11) is 0. The highest BCUT2D eigenvalue weighted by Crippen LogP contribution is 2.46. The highest BCUT2D eigenvalue weighted by Gasteiger charge is 2.24. The monoisotopic (exact) mass is 296 g/mol. The number of nitrogens with two attached hydrogens (primary N) is 1. The van der Waals surface area contributed by atoms with Crippen LogP contribution in [0.2, 0.25) is 0 Å². The molecule has 88 valence electrons. The van der Waals surface area contributed by atoms with E-state index in [1.165, 1.54) is 0 Å². The lowest BCUT2D eigenvalue weighted by molar-refractivity contribution is 0.174. The van der Waals surface area contributed by atoms with Crippen LogP contribution in [0.15, 0.2) is 21.1 Å². The van der Waals surface area contributed by atoms with Gasteiger partial charge in [-0.25, -0.2) is 0 Å². The van der Waals surface area contributed by atoms with E-state index >= 15 is 0 Å². The van der Waals surface area contributed by atoms with Crippen LogP contribution < -0.4 is 15.2 Å². The molecule has 1 aromatic heterocycles. The van der Waals surface area contributed by atoms with E-state index < -0.39 is 0 Å². The zero-order valence-electron chi connectivity index (χ0n) is 8.99. The third kappa shape index (κ3) is 1.56. The predicted octanol–water partition coefficient (Wildman–Crippen LogP) is 2.72. The third-order valence-electron chi connectivity index (χ3n) is 2.64. The minimum atomic E-state index is 0.214. The Balaban J connectivity index is 2.28. The van der Waals surface area contributed by atoms with Crippen LogP contribution in [0.5, 0.6) is 11.5 Å². The van der Waals surface area contributed by atoms with Gasteiger partial charge in [-0.15, -0.1) is 0 Å². The summed E-state index contributed by atoms with van der Waals surface area (Å²) >= 11 is 3.48. The summed E-state index contributed by atoms with van der Waals surface area (Å²) in [5.41, 5.74) is 8.02. The van der Waals surface area contributed by atoms with Crippen molar-refractivity contribution in [1.29, 1.82) is 0 Å². The van der Waals surface area contributed by atoms with Gasteiger partial charge in [-0.1, -0.05) is 21.1 Å². The Bertz CT molecular complexity index is 595. The van der Waals surface area contributed by atoms with Gasteiger partial charge in [-0.05, 0) is 18.6 Å². The molecule has 0 saturated heterocycles. The Morgan fingerprint density at radius 3 is 2.88 bits per heavy atom. The van der Waals surface area contributed by atoms with Crippen LogP contribution in [0, 0.1) is 6.92 Å². The Morgan fingerprint density at radius 2 is 2.18 bits per heavy atom. The van der Waals surface area contributed by atoms with E-state index in [0.717, 1.165) is 15.6 Å². The normalized spacial score (nSPS) is 13.1. The zero-order valence-corrected chi connectivity index (χ0v) is 10.6. The van der Waals surface area contributed by atoms with E-state index in [9.17, 15) is 0 Å². The molecule has 3 rings (SSSR count). The zero-order chi connectivity index (χ0) is 12.0. The molecule has 0 radical (unpaired) electrons. The van der Waals surface area contributed by atoms with E-state index in [2.05, 4.69) is 21.1 Å². The maximum absolute atomic E-state index is 5.54. The van der Waals surface area contributed by atoms with E-state index in [1.54, 1.807) is 6.07 Å². The number of ether oxygens (including phenoxy) is 2. The number of aromatic nitrogens is 1. The summed E-state index contributed by atoms with van der Waals surface area (Å²) < 4.78 is 16.6. The van der Waals surface area contributed by atoms with Crippen LogP contribution >= 0.6 is 15.9 Å². The Hall–Kier alpha value is -1.69. The van der Waals surface area contributed by atoms with Gasteiger partial charge >= 0.3 is 0 Å². The van der Waals surface area contributed by atoms with Crippen molar-refractivity contribution in [1.82, 2.24) is 5.16 Å². The maximum Gasteiger partial charge on any atom is 0.231 e. The molecule has 6 heteroatoms. The van der Waals surface area contributed by atoms with E-state index in [0.29, 0.717) is 17.2 Å². The molecule has 0 fully saturated rings. The van der Waals surface area contributed by atoms with E-state index in [-0.39, 0.29) is 12.7 Å². The van der Waals surface area contributed by atoms with Gasteiger partial charge in [-0.2, -0.15) is 0 Å². The molecule has 2 aromatic rings. The number of hydrogen-bond donors (Lipinski definition) is 1. The second-order valence-corrected chi connectivity index (χ2v) is 4.56. The third-order valence-corrected chi connectivity index (χ3v) is 3.47. The molecule has 1 aromatic carbocycles. The first-order valence-corrected chi connectivity index (χ1v) is 5.77. The van der Waals surface area contributed by atoms with Crippen LogP contribution in [-0.4, -0.2) is 11.9 Å². The summed E-state index contributed by atoms with van der Waals surface area (Å²) in [6.45, 7) is 2.18. The van der Waals surface area contributed by atoms with Gasteiger partial charge in [0.05, 0.1) is 5.56 Å². The highest BCUT2D eigenvalue weighted by molar-refractivity contribution is 9.10. The summed E-state index contributed by atoms with van der Waals surface area (Å²) in [4.78, 5) is 0. The number of hydrogen-bond acceptors (Lipinski definition) is 5. The number of nitrogen functional groups attached to an aromatic ring is 1. The molecule has 0 amide bonds. The maximum atomic E-state index is 5.54. The first kappa shape index (κ1) is 10.5. The van der Waals surface area contributed by atoms with Gasteiger partial charge in [-0.3, -0.25) is 0 Å². The molecule has 0 unspecified atom stereocenters. The van der Waals surface area contributed by atoms with Gasteiger partial charge in [0, 0.05) is 10.5 Å². The highest BCUT2D eigenvalue weighted by atomic mass is 79.9. The number of benzene rings is 1. The molecule has 0 atom stereocenters. The minimum absolute atomic E-state index is 0.214. The van der Waals surface area contributed by atoms with Gasteiger partial charge in [0.15, 0.2) is 11.5 Å². The van der Waals surface area contributed by atoms with Gasteiger partial charge in [0.2, 0.25) is 12.7 Å². The SMILES string of the molecule is Cc1c(Br)cc2c(c1-c1cc(N)on1)OCO2. The van der Waals surface area contributed by atoms with Gasteiger partial charge < -0.3 is 19.7 Å². The summed E-state index contributed by atoms with van der Waals surface area (Å²) in [6.07, 6.45) is 0. The largest absolute Gasteiger partial charge is 0.454 e. The quantitative estimate of drug-likeness (QED) is 0.876. The fourth-order valence-corrected chi connectivity index (χ4v) is 2.23. The second-order valence-electron chi connectivity index (χ2n) is 3.71. The molecule has 2 N–H and O–H groups in total. The van der Waals surface area contributed by atoms with Crippen molar-refractivity contribution < 1.29 is 14.0 Å². The minimum Gasteiger partial charge on any atom is -0.454 e. The number of nitrogens with zero attached hydrogens (tertiary/aromatic N) is 1. The second kappa shape index (κ2) is 3.66. The van der Waals surface area contributed by atoms with Crippen LogP contribution in [0.1, 0.15) is 5.56 Å². The molecule has 0 spiro atoms. The van der Waals surface area contributed by atoms with E-state index in [1.807, 2.05) is 13.0 Å². The molecule has 0 bridgehead atoms. The van der Waals surface area contributed by atoms with Crippen molar-refractivity contribution in [3.05, 3.63) is 22.2 Å². The van der Waals surface area contributed by atoms with Crippen molar-refractivity contribution in [3.63, 3.8) is 0 Å². The van der Waals surface area contributed by atoms with Crippen molar-refractivity contribution in [2.24, 2.45) is 0 Å². The number of halogens is 1. The Kier molecular flexibility index (Phi) is 2.25. The molecule has 1 aliphatic heterocycles. The van der Waals surface area contributed by atoms with Crippen LogP contribution in [-0.2, 0) is 0 Å². The van der Waals surface area contributed by atoms with Gasteiger partial charge in [0.25, 0.3) is 0 Å². The van der Waals surface area contributed by atoms with Gasteiger partial charge in [0.1, 0.15) is 5.69 Å². The Morgan fingerprint density at radius 1 is 1.35 bits per heavy atom. The summed E-state index contributed by atoms with van der Waals surface area (Å²) in [5, 5.41) is 3.91. The van der Waals surface area contributed by atoms with Crippen molar-refractivity contribution in [2.45, 2.75) is 6.92 Å². The average molecular weight is 297 g/mol. The van der Waals surface area contributed by atoms with Crippen molar-refractivity contribution in [3.8, 4) is 22.8 Å². The summed E-state index contributed by atoms with van der Waals surface area (Å²) in [5.74, 6) is 1.64. The fourth-order valence-electron chi connectivity index (χ4n) is 1.82. The number of rotatable bonds is 1. The van der Waals surface area contributed by atoms with Crippen LogP contribution in [0.3, 0.4) is 0 Å². The smallest absolute Gasteiger partial charge is 0.231 e. The molecule has 17 heavy (non-hydrogen) atoms. The van der Waals surface area contributed by atoms with E-state index in [4.69, 9.17) is 19.7 Å². The van der Waals surface area contributed by atoms with Crippen LogP contribution in [0.25, 0.3) is 11.3 Å². The molecular formula is C11H9BrN2O3. The molecule has 1 aliphatic rings.